The predicted molar refractivity (Wildman–Crippen MR) is 79.6 cm³/mol. The van der Waals surface area contributed by atoms with E-state index in [-0.39, 0.29) is 10.9 Å². The van der Waals surface area contributed by atoms with Gasteiger partial charge in [0.1, 0.15) is 0 Å². The van der Waals surface area contributed by atoms with Gasteiger partial charge < -0.3 is 5.11 Å². The highest BCUT2D eigenvalue weighted by Gasteiger charge is 2.38. The third-order valence-electron chi connectivity index (χ3n) is 0.243. The largest absolute Gasteiger partial charge is 0.490 e. The maximum Gasteiger partial charge on any atom is 0.490 e. The monoisotopic (exact) mass is 580 g/mol. The van der Waals surface area contributed by atoms with Crippen molar-refractivity contribution in [3.8, 4) is 0 Å². The predicted octanol–water partition coefficient (Wildman–Crippen LogP) is 4.81. The van der Waals surface area contributed by atoms with Crippen LogP contribution in [0.15, 0.2) is 0 Å². The molecule has 0 atom stereocenters. The van der Waals surface area contributed by atoms with E-state index in [4.69, 9.17) is 19.5 Å². The summed E-state index contributed by atoms with van der Waals surface area (Å²) in [4.78, 5) is 27.1. The average Bonchev–Trinajstić information content (AvgIpc) is 2.34. The highest BCUT2D eigenvalue weighted by molar-refractivity contribution is 14.1. The summed E-state index contributed by atoms with van der Waals surface area (Å²) in [5.41, 5.74) is 0. The molecule has 0 aliphatic heterocycles. The first-order valence-corrected chi connectivity index (χ1v) is 7.40. The smallest absolute Gasteiger partial charge is 0.475 e. The van der Waals surface area contributed by atoms with Crippen molar-refractivity contribution in [2.24, 2.45) is 0 Å². The van der Waals surface area contributed by atoms with E-state index in [1.165, 1.54) is 0 Å². The van der Waals surface area contributed by atoms with Crippen LogP contribution in [0.4, 0.5) is 35.4 Å². The van der Waals surface area contributed by atoms with Crippen LogP contribution in [0.2, 0.25) is 0 Å². The molecule has 0 aromatic heterocycles. The number of hydrogen-bond donors (Lipinski definition) is 1. The van der Waals surface area contributed by atoms with E-state index in [9.17, 15) is 30.7 Å². The van der Waals surface area contributed by atoms with E-state index >= 15 is 0 Å². The van der Waals surface area contributed by atoms with Gasteiger partial charge in [-0.05, 0) is 4.93 Å². The van der Waals surface area contributed by atoms with E-state index in [1.54, 1.807) is 0 Å². The second-order valence-electron chi connectivity index (χ2n) is 1.31. The maximum absolute atomic E-state index is 10.6. The number of carbonyl (C=O) groups is 1. The number of alkyl halides is 9. The molecule has 0 bridgehead atoms. The molecule has 0 rings (SSSR count). The van der Waals surface area contributed by atoms with Crippen LogP contribution in [-0.2, 0) is 14.4 Å². The van der Waals surface area contributed by atoms with Crippen LogP contribution >= 0.6 is 45.2 Å². The molecule has 0 fully saturated rings. The number of carboxylic acid groups (broad SMARTS) is 1. The minimum absolute atomic E-state index is 0. The molecule has 0 aromatic rings. The van der Waals surface area contributed by atoms with Crippen LogP contribution in [0.3, 0.4) is 0 Å². The summed E-state index contributed by atoms with van der Waals surface area (Å²) in [7, 11) is 0.500. The van der Waals surface area contributed by atoms with Crippen molar-refractivity contribution in [2.45, 2.75) is 24.2 Å². The van der Waals surface area contributed by atoms with Gasteiger partial charge in [0.15, 0.2) is 0 Å². The van der Waals surface area contributed by atoms with E-state index in [2.05, 4.69) is 22.6 Å². The summed E-state index contributed by atoms with van der Waals surface area (Å²) in [6.45, 7) is 4.00. The Morgan fingerprint density at radius 3 is 1.00 bits per heavy atom. The van der Waals surface area contributed by atoms with Crippen molar-refractivity contribution < 1.29 is 54.9 Å². The van der Waals surface area contributed by atoms with Gasteiger partial charge in [-0.1, -0.05) is 36.4 Å². The van der Waals surface area contributed by atoms with Crippen molar-refractivity contribution >= 4 is 57.3 Å². The lowest BCUT2D eigenvalue weighted by atomic mass is 10.7. The van der Waals surface area contributed by atoms with Crippen LogP contribution < -0.4 is 0 Å². The molecule has 0 aliphatic rings. The van der Waals surface area contributed by atoms with Gasteiger partial charge in [0.25, 0.3) is 0 Å². The number of carbonyl (C=O) groups excluding carboxylic acids is 2. The topological polar surface area (TPSA) is 71.4 Å². The summed E-state index contributed by atoms with van der Waals surface area (Å²) in [5, 5.41) is 7.12. The molecule has 0 aromatic carbocycles. The van der Waals surface area contributed by atoms with Crippen molar-refractivity contribution in [3.63, 3.8) is 0 Å². The van der Waals surface area contributed by atoms with Crippen LogP contribution in [0.5, 0.6) is 0 Å². The molecular weight excluding hydrogens is 566 g/mol. The van der Waals surface area contributed by atoms with Crippen LogP contribution in [0.25, 0.3) is 0 Å². The Bertz CT molecular complexity index is 221. The van der Waals surface area contributed by atoms with E-state index < -0.39 is 16.3 Å². The lowest BCUT2D eigenvalue weighted by Crippen LogP contribution is -2.21. The second-order valence-corrected chi connectivity index (χ2v) is 2.54. The summed E-state index contributed by atoms with van der Waals surface area (Å²) in [6, 6.07) is 0. The number of rotatable bonds is 0. The number of halogens is 10. The molecule has 0 heterocycles. The Hall–Kier alpha value is -0.250. The van der Waals surface area contributed by atoms with Gasteiger partial charge in [-0.25, -0.2) is 4.79 Å². The first-order chi connectivity index (χ1) is 9.36. The van der Waals surface area contributed by atoms with Crippen molar-refractivity contribution in [3.05, 3.63) is 0 Å². The molecule has 14 heteroatoms. The fourth-order valence-corrected chi connectivity index (χ4v) is 0. The van der Waals surface area contributed by atoms with Crippen LogP contribution in [-0.4, -0.2) is 39.7 Å². The van der Waals surface area contributed by atoms with E-state index in [0.29, 0.717) is 29.8 Å². The Labute approximate surface area is 148 Å². The number of carboxylic acids is 1. The van der Waals surface area contributed by atoms with E-state index in [1.807, 2.05) is 18.8 Å². The van der Waals surface area contributed by atoms with Gasteiger partial charge >= 0.3 is 22.5 Å². The summed E-state index contributed by atoms with van der Waals surface area (Å²) in [6.07, 6.45) is -4.83. The summed E-state index contributed by atoms with van der Waals surface area (Å²) in [5.74, 6) is -2.76. The minimum Gasteiger partial charge on any atom is -0.475 e. The van der Waals surface area contributed by atoms with Crippen LogP contribution in [0, 0.1) is 0 Å². The molecule has 0 saturated heterocycles. The number of aliphatic carboxylic acids is 1. The fourth-order valence-electron chi connectivity index (χ4n) is 0. The van der Waals surface area contributed by atoms with Gasteiger partial charge in [0.05, 0.1) is 7.18 Å². The Morgan fingerprint density at radius 2 is 1.00 bits per heavy atom. The second kappa shape index (κ2) is 32.6. The third kappa shape index (κ3) is 210. The van der Waals surface area contributed by atoms with Gasteiger partial charge in [0, 0.05) is 22.6 Å². The van der Waals surface area contributed by atoms with Crippen molar-refractivity contribution in [1.29, 1.82) is 0 Å². The minimum atomic E-state index is -5.08. The van der Waals surface area contributed by atoms with Gasteiger partial charge in [-0.15, -0.1) is 0 Å². The Balaban J connectivity index is -0.0000000267. The zero-order valence-electron chi connectivity index (χ0n) is 11.5. The Morgan fingerprint density at radius 1 is 0.955 bits per heavy atom. The van der Waals surface area contributed by atoms with Gasteiger partial charge in [-0.2, -0.15) is 35.9 Å². The first-order valence-electron chi connectivity index (χ1n) is 4.16. The molecule has 0 aliphatic carbocycles. The SMILES string of the molecule is CC.CF.CI.F.FC(F)(F)I.O=C(O)C(F)(F)F.O=C=O. The molecule has 1 N–H and O–H groups in total. The molecular formula is C8H14F8I2O4. The molecule has 140 valence electrons. The molecule has 0 saturated carbocycles. The average molecular weight is 580 g/mol. The highest BCUT2D eigenvalue weighted by atomic mass is 127. The third-order valence-corrected chi connectivity index (χ3v) is 0.243. The normalized spacial score (nSPS) is 7.50. The van der Waals surface area contributed by atoms with Gasteiger partial charge in [-0.3, -0.25) is 9.09 Å². The van der Waals surface area contributed by atoms with Crippen LogP contribution in [0.1, 0.15) is 13.8 Å². The molecule has 4 nitrogen and oxygen atoms in total. The summed E-state index contributed by atoms with van der Waals surface area (Å²) < 4.78 is 68.2. The zero-order valence-corrected chi connectivity index (χ0v) is 15.8. The molecule has 0 unspecified atom stereocenters. The quantitative estimate of drug-likeness (QED) is 0.254. The fraction of sp³-hybridized carbons (Fsp3) is 0.750. The molecule has 22 heavy (non-hydrogen) atoms. The van der Waals surface area contributed by atoms with Crippen molar-refractivity contribution in [2.75, 3.05) is 12.1 Å². The molecule has 0 spiro atoms. The highest BCUT2D eigenvalue weighted by Crippen LogP contribution is 2.22. The number of hydrogen-bond acceptors (Lipinski definition) is 3. The zero-order chi connectivity index (χ0) is 19.3. The van der Waals surface area contributed by atoms with Crippen molar-refractivity contribution in [1.82, 2.24) is 0 Å². The lowest BCUT2D eigenvalue weighted by molar-refractivity contribution is -0.193. The summed E-state index contributed by atoms with van der Waals surface area (Å²) >= 11 is 2.53. The first kappa shape index (κ1) is 43.0. The Kier molecular flexibility index (Phi) is 63.8. The maximum atomic E-state index is 10.6. The molecule has 0 radical (unpaired) electrons. The standard InChI is InChI=1S/C2HF3O2.C2H6.CF3I.CH3F.CH3I.CO2.FH/c3-2(4,5)1(6)7;1-2;2-1(3,4)5;2*1-2;2-1-3;/h(H,6,7);1-2H3;;2*1H3;;1H. The lowest BCUT2D eigenvalue weighted by Gasteiger charge is -1.93. The van der Waals surface area contributed by atoms with Gasteiger partial charge in [0.2, 0.25) is 0 Å². The van der Waals surface area contributed by atoms with E-state index in [0.717, 1.165) is 0 Å². The molecule has 0 amide bonds.